The monoisotopic (exact) mass is 322 g/mol. The molecule has 1 unspecified atom stereocenters. The first-order chi connectivity index (χ1) is 11.6. The minimum atomic E-state index is -0.452. The highest BCUT2D eigenvalue weighted by atomic mass is 16.1. The molecule has 3 aromatic rings. The van der Waals surface area contributed by atoms with Crippen molar-refractivity contribution in [3.8, 4) is 0 Å². The molecule has 0 spiro atoms. The average Bonchev–Trinajstić information content (AvgIpc) is 3.23. The van der Waals surface area contributed by atoms with Crippen molar-refractivity contribution in [2.75, 3.05) is 18.0 Å². The molecule has 7 heteroatoms. The molecule has 1 atom stereocenters. The predicted octanol–water partition coefficient (Wildman–Crippen LogP) is 1.69. The number of aromatic nitrogens is 4. The lowest BCUT2D eigenvalue weighted by atomic mass is 10.2. The van der Waals surface area contributed by atoms with Gasteiger partial charge in [-0.3, -0.25) is 9.48 Å². The number of carbonyl (C=O) groups is 1. The maximum absolute atomic E-state index is 11.2. The van der Waals surface area contributed by atoms with Gasteiger partial charge < -0.3 is 10.6 Å². The summed E-state index contributed by atoms with van der Waals surface area (Å²) in [5.74, 6) is 0.464. The number of nitrogens with zero attached hydrogens (tertiary/aromatic N) is 5. The van der Waals surface area contributed by atoms with Crippen molar-refractivity contribution < 1.29 is 4.79 Å². The Hall–Kier alpha value is -2.96. The van der Waals surface area contributed by atoms with Crippen molar-refractivity contribution >= 4 is 22.8 Å². The molecule has 1 aromatic carbocycles. The number of hydrogen-bond donors (Lipinski definition) is 1. The van der Waals surface area contributed by atoms with E-state index >= 15 is 0 Å². The lowest BCUT2D eigenvalue weighted by Gasteiger charge is -2.19. The quantitative estimate of drug-likeness (QED) is 0.792. The number of aryl methyl sites for hydroxylation is 1. The second-order valence-electron chi connectivity index (χ2n) is 6.08. The largest absolute Gasteiger partial charge is 0.366 e. The molecule has 1 fully saturated rings. The fourth-order valence-electron chi connectivity index (χ4n) is 3.19. The molecular weight excluding hydrogens is 304 g/mol. The summed E-state index contributed by atoms with van der Waals surface area (Å²) >= 11 is 0. The standard InChI is InChI=1S/C17H18N6O/c1-11-17(21-15-5-3-2-4-14(15)20-11)22-7-6-13(10-22)23-9-12(8-19-23)16(18)24/h2-5,8-9,13H,6-7,10H2,1H3,(H2,18,24). The number of amides is 1. The molecule has 0 aliphatic carbocycles. The van der Waals surface area contributed by atoms with Crippen LogP contribution in [0.1, 0.15) is 28.5 Å². The van der Waals surface area contributed by atoms with Gasteiger partial charge in [-0.1, -0.05) is 12.1 Å². The number of carbonyl (C=O) groups excluding carboxylic acids is 1. The highest BCUT2D eigenvalue weighted by Gasteiger charge is 2.27. The Morgan fingerprint density at radius 2 is 2.00 bits per heavy atom. The third kappa shape index (κ3) is 2.47. The zero-order valence-corrected chi connectivity index (χ0v) is 13.4. The summed E-state index contributed by atoms with van der Waals surface area (Å²) in [6.07, 6.45) is 4.18. The van der Waals surface area contributed by atoms with Crippen LogP contribution in [-0.4, -0.2) is 38.7 Å². The van der Waals surface area contributed by atoms with E-state index in [9.17, 15) is 4.79 Å². The van der Waals surface area contributed by atoms with Crippen LogP contribution in [0.15, 0.2) is 36.7 Å². The maximum atomic E-state index is 11.2. The van der Waals surface area contributed by atoms with Crippen LogP contribution < -0.4 is 10.6 Å². The van der Waals surface area contributed by atoms with E-state index in [1.54, 1.807) is 6.20 Å². The Balaban J connectivity index is 1.60. The van der Waals surface area contributed by atoms with E-state index in [0.29, 0.717) is 5.56 Å². The Morgan fingerprint density at radius 3 is 2.71 bits per heavy atom. The lowest BCUT2D eigenvalue weighted by molar-refractivity contribution is 0.1000. The fraction of sp³-hybridized carbons (Fsp3) is 0.294. The lowest BCUT2D eigenvalue weighted by Crippen LogP contribution is -2.23. The van der Waals surface area contributed by atoms with Crippen molar-refractivity contribution in [3.63, 3.8) is 0 Å². The van der Waals surface area contributed by atoms with Gasteiger partial charge in [-0.05, 0) is 25.5 Å². The average molecular weight is 322 g/mol. The van der Waals surface area contributed by atoms with Crippen LogP contribution in [0.25, 0.3) is 11.0 Å². The van der Waals surface area contributed by atoms with E-state index in [1.807, 2.05) is 35.9 Å². The zero-order chi connectivity index (χ0) is 16.7. The molecule has 1 aliphatic rings. The van der Waals surface area contributed by atoms with Gasteiger partial charge in [-0.15, -0.1) is 0 Å². The molecule has 24 heavy (non-hydrogen) atoms. The third-order valence-electron chi connectivity index (χ3n) is 4.44. The van der Waals surface area contributed by atoms with Gasteiger partial charge in [-0.2, -0.15) is 5.10 Å². The summed E-state index contributed by atoms with van der Waals surface area (Å²) in [7, 11) is 0. The van der Waals surface area contributed by atoms with Crippen LogP contribution >= 0.6 is 0 Å². The Kier molecular flexibility index (Phi) is 3.41. The highest BCUT2D eigenvalue weighted by molar-refractivity contribution is 5.92. The number of para-hydroxylation sites is 2. The van der Waals surface area contributed by atoms with E-state index in [-0.39, 0.29) is 6.04 Å². The number of rotatable bonds is 3. The van der Waals surface area contributed by atoms with E-state index < -0.39 is 5.91 Å². The summed E-state index contributed by atoms with van der Waals surface area (Å²) in [6, 6.07) is 8.09. The predicted molar refractivity (Wildman–Crippen MR) is 90.9 cm³/mol. The molecule has 4 rings (SSSR count). The van der Waals surface area contributed by atoms with Crippen molar-refractivity contribution in [2.24, 2.45) is 5.73 Å². The first-order valence-corrected chi connectivity index (χ1v) is 7.94. The summed E-state index contributed by atoms with van der Waals surface area (Å²) < 4.78 is 1.82. The third-order valence-corrected chi connectivity index (χ3v) is 4.44. The second kappa shape index (κ2) is 5.59. The zero-order valence-electron chi connectivity index (χ0n) is 13.4. The van der Waals surface area contributed by atoms with Gasteiger partial charge in [0, 0.05) is 19.3 Å². The van der Waals surface area contributed by atoms with E-state index in [1.165, 1.54) is 6.20 Å². The van der Waals surface area contributed by atoms with Crippen molar-refractivity contribution in [3.05, 3.63) is 47.9 Å². The van der Waals surface area contributed by atoms with Crippen LogP contribution in [0.3, 0.4) is 0 Å². The molecule has 3 heterocycles. The van der Waals surface area contributed by atoms with Gasteiger partial charge in [0.1, 0.15) is 0 Å². The van der Waals surface area contributed by atoms with E-state index in [0.717, 1.165) is 42.1 Å². The number of hydrogen-bond acceptors (Lipinski definition) is 5. The number of primary amides is 1. The van der Waals surface area contributed by atoms with Gasteiger partial charge in [0.2, 0.25) is 0 Å². The van der Waals surface area contributed by atoms with Crippen LogP contribution in [-0.2, 0) is 0 Å². The molecule has 2 N–H and O–H groups in total. The summed E-state index contributed by atoms with van der Waals surface area (Å²) in [5, 5.41) is 4.27. The van der Waals surface area contributed by atoms with Gasteiger partial charge >= 0.3 is 0 Å². The Morgan fingerprint density at radius 1 is 1.25 bits per heavy atom. The van der Waals surface area contributed by atoms with Crippen LogP contribution in [0.5, 0.6) is 0 Å². The smallest absolute Gasteiger partial charge is 0.251 e. The first kappa shape index (κ1) is 14.6. The maximum Gasteiger partial charge on any atom is 0.251 e. The normalized spacial score (nSPS) is 17.5. The van der Waals surface area contributed by atoms with Crippen LogP contribution in [0.2, 0.25) is 0 Å². The molecule has 7 nitrogen and oxygen atoms in total. The van der Waals surface area contributed by atoms with Crippen molar-refractivity contribution in [2.45, 2.75) is 19.4 Å². The topological polar surface area (TPSA) is 89.9 Å². The molecule has 0 radical (unpaired) electrons. The molecule has 0 saturated carbocycles. The summed E-state index contributed by atoms with van der Waals surface area (Å²) in [6.45, 7) is 3.65. The number of benzene rings is 1. The second-order valence-corrected chi connectivity index (χ2v) is 6.08. The van der Waals surface area contributed by atoms with E-state index in [4.69, 9.17) is 10.7 Å². The van der Waals surface area contributed by atoms with Gasteiger partial charge in [-0.25, -0.2) is 9.97 Å². The minimum Gasteiger partial charge on any atom is -0.366 e. The van der Waals surface area contributed by atoms with Gasteiger partial charge in [0.05, 0.1) is 34.5 Å². The van der Waals surface area contributed by atoms with E-state index in [2.05, 4.69) is 15.0 Å². The van der Waals surface area contributed by atoms with Crippen molar-refractivity contribution in [1.82, 2.24) is 19.7 Å². The first-order valence-electron chi connectivity index (χ1n) is 7.94. The molecule has 122 valence electrons. The molecule has 0 bridgehead atoms. The van der Waals surface area contributed by atoms with Crippen molar-refractivity contribution in [1.29, 1.82) is 0 Å². The highest BCUT2D eigenvalue weighted by Crippen LogP contribution is 2.28. The Labute approximate surface area is 139 Å². The summed E-state index contributed by atoms with van der Waals surface area (Å²) in [5.41, 5.74) is 8.47. The number of fused-ring (bicyclic) bond motifs is 1. The number of nitrogens with two attached hydrogens (primary N) is 1. The van der Waals surface area contributed by atoms with Gasteiger partial charge in [0.15, 0.2) is 5.82 Å². The Bertz CT molecular complexity index is 918. The molecule has 1 saturated heterocycles. The minimum absolute atomic E-state index is 0.200. The van der Waals surface area contributed by atoms with Crippen LogP contribution in [0.4, 0.5) is 5.82 Å². The summed E-state index contributed by atoms with van der Waals surface area (Å²) in [4.78, 5) is 22.9. The molecular formula is C17H18N6O. The molecule has 1 amide bonds. The molecule has 2 aromatic heterocycles. The number of anilines is 1. The van der Waals surface area contributed by atoms with Gasteiger partial charge in [0.25, 0.3) is 5.91 Å². The molecule has 1 aliphatic heterocycles. The van der Waals surface area contributed by atoms with Crippen LogP contribution in [0, 0.1) is 6.92 Å². The SMILES string of the molecule is Cc1nc2ccccc2nc1N1CCC(n2cc(C(N)=O)cn2)C1. The fourth-order valence-corrected chi connectivity index (χ4v) is 3.19.